The van der Waals surface area contributed by atoms with E-state index >= 15 is 0 Å². The largest absolute Gasteiger partial charge is 0.343 e. The first kappa shape index (κ1) is 24.6. The van der Waals surface area contributed by atoms with Crippen molar-refractivity contribution in [1.29, 1.82) is 0 Å². The van der Waals surface area contributed by atoms with Crippen molar-refractivity contribution in [2.24, 2.45) is 0 Å². The molecule has 0 unspecified atom stereocenters. The van der Waals surface area contributed by atoms with Crippen LogP contribution >= 0.6 is 0 Å². The molecule has 0 saturated carbocycles. The van der Waals surface area contributed by atoms with E-state index in [0.717, 1.165) is 53.5 Å². The van der Waals surface area contributed by atoms with Gasteiger partial charge < -0.3 is 9.47 Å². The van der Waals surface area contributed by atoms with Gasteiger partial charge in [0.15, 0.2) is 0 Å². The molecular formula is C30H32F2N2O. The molecule has 4 rings (SSSR count). The molecule has 5 heteroatoms. The van der Waals surface area contributed by atoms with Crippen LogP contribution in [0, 0.1) is 11.6 Å². The van der Waals surface area contributed by atoms with Crippen molar-refractivity contribution < 1.29 is 13.6 Å². The summed E-state index contributed by atoms with van der Waals surface area (Å²) in [5.74, 6) is -0.654. The summed E-state index contributed by atoms with van der Waals surface area (Å²) in [6.45, 7) is 6.21. The van der Waals surface area contributed by atoms with Crippen LogP contribution in [0.15, 0.2) is 79.0 Å². The molecule has 3 aromatic carbocycles. The number of halogens is 2. The Morgan fingerprint density at radius 1 is 0.857 bits per heavy atom. The van der Waals surface area contributed by atoms with E-state index in [0.29, 0.717) is 13.0 Å². The van der Waals surface area contributed by atoms with Crippen molar-refractivity contribution in [3.63, 3.8) is 0 Å². The highest BCUT2D eigenvalue weighted by molar-refractivity contribution is 5.87. The van der Waals surface area contributed by atoms with Gasteiger partial charge in [0.25, 0.3) is 0 Å². The number of rotatable bonds is 10. The lowest BCUT2D eigenvalue weighted by molar-refractivity contribution is -0.131. The smallest absolute Gasteiger partial charge is 0.223 e. The summed E-state index contributed by atoms with van der Waals surface area (Å²) in [4.78, 5) is 15.4. The van der Waals surface area contributed by atoms with Gasteiger partial charge in [0.2, 0.25) is 5.91 Å². The minimum atomic E-state index is -0.295. The van der Waals surface area contributed by atoms with E-state index in [-0.39, 0.29) is 23.5 Å². The lowest BCUT2D eigenvalue weighted by Crippen LogP contribution is -2.33. The Hall–Kier alpha value is -3.47. The van der Waals surface area contributed by atoms with Crippen LogP contribution in [0.3, 0.4) is 0 Å². The summed E-state index contributed by atoms with van der Waals surface area (Å²) >= 11 is 0. The van der Waals surface area contributed by atoms with E-state index in [1.54, 1.807) is 24.3 Å². The predicted octanol–water partition coefficient (Wildman–Crippen LogP) is 7.14. The number of benzene rings is 3. The van der Waals surface area contributed by atoms with E-state index < -0.39 is 0 Å². The molecule has 4 aromatic rings. The van der Waals surface area contributed by atoms with Crippen molar-refractivity contribution >= 4 is 16.8 Å². The van der Waals surface area contributed by atoms with Gasteiger partial charge in [0.1, 0.15) is 11.6 Å². The van der Waals surface area contributed by atoms with Gasteiger partial charge >= 0.3 is 0 Å². The minimum Gasteiger partial charge on any atom is -0.343 e. The summed E-state index contributed by atoms with van der Waals surface area (Å²) in [7, 11) is 0. The highest BCUT2D eigenvalue weighted by Gasteiger charge is 2.25. The van der Waals surface area contributed by atoms with E-state index in [1.165, 1.54) is 24.3 Å². The molecule has 0 N–H and O–H groups in total. The van der Waals surface area contributed by atoms with Crippen LogP contribution in [0.4, 0.5) is 8.78 Å². The number of para-hydroxylation sites is 1. The molecule has 0 aliphatic rings. The molecule has 0 radical (unpaired) electrons. The number of carbonyl (C=O) groups excluding carboxylic acids is 1. The number of hydrogen-bond acceptors (Lipinski definition) is 1. The fraction of sp³-hybridized carbons (Fsp3) is 0.300. The van der Waals surface area contributed by atoms with Gasteiger partial charge in [0, 0.05) is 49.1 Å². The number of carbonyl (C=O) groups is 1. The Morgan fingerprint density at radius 2 is 1.46 bits per heavy atom. The normalized spacial score (nSPS) is 12.1. The second-order valence-electron chi connectivity index (χ2n) is 9.05. The van der Waals surface area contributed by atoms with E-state index in [2.05, 4.69) is 36.7 Å². The molecular weight excluding hydrogens is 442 g/mol. The molecule has 1 aromatic heterocycles. The third kappa shape index (κ3) is 5.79. The second-order valence-corrected chi connectivity index (χ2v) is 9.05. The number of amides is 1. The third-order valence-corrected chi connectivity index (χ3v) is 6.45. The molecule has 182 valence electrons. The monoisotopic (exact) mass is 474 g/mol. The lowest BCUT2D eigenvalue weighted by atomic mass is 9.87. The Morgan fingerprint density at radius 3 is 2.09 bits per heavy atom. The summed E-state index contributed by atoms with van der Waals surface area (Å²) in [6, 6.07) is 21.1. The van der Waals surface area contributed by atoms with Crippen molar-refractivity contribution in [1.82, 2.24) is 9.47 Å². The maximum atomic E-state index is 13.8. The second kappa shape index (κ2) is 11.3. The number of aromatic nitrogens is 1. The van der Waals surface area contributed by atoms with Crippen LogP contribution in [0.1, 0.15) is 55.7 Å². The lowest BCUT2D eigenvalue weighted by Gasteiger charge is -2.25. The standard InChI is InChI=1S/C30H32F2N2O/c1-3-17-33(18-4-2)30(35)19-27(23-11-15-25(32)16-12-23)28-21-34(29-8-6-5-7-26(28)29)20-22-9-13-24(31)14-10-22/h5-16,21,27H,3-4,17-20H2,1-2H3/t27-/m0/s1. The van der Waals surface area contributed by atoms with Gasteiger partial charge in [-0.25, -0.2) is 8.78 Å². The summed E-state index contributed by atoms with van der Waals surface area (Å²) in [5, 5.41) is 1.06. The first-order valence-corrected chi connectivity index (χ1v) is 12.4. The average molecular weight is 475 g/mol. The summed E-state index contributed by atoms with van der Waals surface area (Å²) < 4.78 is 29.3. The Labute approximate surface area is 206 Å². The van der Waals surface area contributed by atoms with Gasteiger partial charge in [-0.15, -0.1) is 0 Å². The topological polar surface area (TPSA) is 25.2 Å². The first-order valence-electron chi connectivity index (χ1n) is 12.4. The Balaban J connectivity index is 1.77. The molecule has 35 heavy (non-hydrogen) atoms. The first-order chi connectivity index (χ1) is 17.0. The molecule has 0 saturated heterocycles. The van der Waals surface area contributed by atoms with Gasteiger partial charge in [0.05, 0.1) is 0 Å². The fourth-order valence-corrected chi connectivity index (χ4v) is 4.78. The molecule has 3 nitrogen and oxygen atoms in total. The van der Waals surface area contributed by atoms with E-state index in [1.807, 2.05) is 17.0 Å². The van der Waals surface area contributed by atoms with Gasteiger partial charge in [-0.3, -0.25) is 4.79 Å². The maximum Gasteiger partial charge on any atom is 0.223 e. The highest BCUT2D eigenvalue weighted by atomic mass is 19.1. The van der Waals surface area contributed by atoms with Gasteiger partial charge in [-0.1, -0.05) is 56.3 Å². The molecule has 0 spiro atoms. The van der Waals surface area contributed by atoms with Crippen molar-refractivity contribution in [3.8, 4) is 0 Å². The van der Waals surface area contributed by atoms with Crippen LogP contribution in [0.25, 0.3) is 10.9 Å². The third-order valence-electron chi connectivity index (χ3n) is 6.45. The van der Waals surface area contributed by atoms with Crippen molar-refractivity contribution in [2.75, 3.05) is 13.1 Å². The Kier molecular flexibility index (Phi) is 7.96. The number of hydrogen-bond donors (Lipinski definition) is 0. The molecule has 0 aliphatic heterocycles. The van der Waals surface area contributed by atoms with Crippen LogP contribution < -0.4 is 0 Å². The highest BCUT2D eigenvalue weighted by Crippen LogP contribution is 2.35. The number of fused-ring (bicyclic) bond motifs is 1. The van der Waals surface area contributed by atoms with Crippen LogP contribution in [0.5, 0.6) is 0 Å². The molecule has 1 amide bonds. The zero-order chi connectivity index (χ0) is 24.8. The van der Waals surface area contributed by atoms with Crippen molar-refractivity contribution in [3.05, 3.63) is 107 Å². The van der Waals surface area contributed by atoms with Crippen LogP contribution in [-0.4, -0.2) is 28.5 Å². The molecule has 1 heterocycles. The minimum absolute atomic E-state index is 0.110. The van der Waals surface area contributed by atoms with Gasteiger partial charge in [-0.2, -0.15) is 0 Å². The average Bonchev–Trinajstić information content (AvgIpc) is 3.22. The summed E-state index contributed by atoms with van der Waals surface area (Å²) in [6.07, 6.45) is 4.23. The zero-order valence-electron chi connectivity index (χ0n) is 20.4. The quantitative estimate of drug-likeness (QED) is 0.240. The SMILES string of the molecule is CCCN(CCC)C(=O)C[C@@H](c1ccc(F)cc1)c1cn(Cc2ccc(F)cc2)c2ccccc12. The molecule has 0 aliphatic carbocycles. The summed E-state index contributed by atoms with van der Waals surface area (Å²) in [5.41, 5.74) is 3.99. The molecule has 0 bridgehead atoms. The van der Waals surface area contributed by atoms with E-state index in [9.17, 15) is 13.6 Å². The van der Waals surface area contributed by atoms with Crippen molar-refractivity contribution in [2.45, 2.75) is 45.6 Å². The maximum absolute atomic E-state index is 13.8. The van der Waals surface area contributed by atoms with Crippen LogP contribution in [-0.2, 0) is 11.3 Å². The zero-order valence-corrected chi connectivity index (χ0v) is 20.4. The molecule has 1 atom stereocenters. The predicted molar refractivity (Wildman–Crippen MR) is 137 cm³/mol. The fourth-order valence-electron chi connectivity index (χ4n) is 4.78. The van der Waals surface area contributed by atoms with E-state index in [4.69, 9.17) is 0 Å². The Bertz CT molecular complexity index is 1260. The van der Waals surface area contributed by atoms with Crippen LogP contribution in [0.2, 0.25) is 0 Å². The van der Waals surface area contributed by atoms with Gasteiger partial charge in [-0.05, 0) is 59.9 Å². The molecule has 0 fully saturated rings. The number of nitrogens with zero attached hydrogens (tertiary/aromatic N) is 2.